The van der Waals surface area contributed by atoms with Gasteiger partial charge in [-0.15, -0.1) is 12.8 Å². The van der Waals surface area contributed by atoms with Crippen molar-refractivity contribution in [3.05, 3.63) is 108 Å². The summed E-state index contributed by atoms with van der Waals surface area (Å²) in [6, 6.07) is 12.3. The van der Waals surface area contributed by atoms with Crippen LogP contribution in [-0.4, -0.2) is 45.4 Å². The van der Waals surface area contributed by atoms with Gasteiger partial charge >= 0.3 is 0 Å². The molecule has 0 unspecified atom stereocenters. The topological polar surface area (TPSA) is 70.8 Å². The first-order valence-corrected chi connectivity index (χ1v) is 13.1. The van der Waals surface area contributed by atoms with Crippen LogP contribution in [0.1, 0.15) is 30.2 Å². The summed E-state index contributed by atoms with van der Waals surface area (Å²) < 4.78 is 40.8. The van der Waals surface area contributed by atoms with E-state index in [4.69, 9.17) is 5.73 Å². The molecule has 1 fully saturated rings. The third-order valence-corrected chi connectivity index (χ3v) is 7.03. The van der Waals surface area contributed by atoms with E-state index in [9.17, 15) is 13.2 Å². The second kappa shape index (κ2) is 12.7. The van der Waals surface area contributed by atoms with Gasteiger partial charge in [0.15, 0.2) is 0 Å². The number of likely N-dealkylation sites (tertiary alicyclic amines) is 1. The molecule has 0 amide bonds. The Morgan fingerprint density at radius 1 is 1.17 bits per heavy atom. The highest BCUT2D eigenvalue weighted by Gasteiger charge is 2.37. The van der Waals surface area contributed by atoms with Crippen LogP contribution < -0.4 is 5.73 Å². The third-order valence-electron chi connectivity index (χ3n) is 7.03. The van der Waals surface area contributed by atoms with E-state index in [1.54, 1.807) is 35.5 Å². The largest absolute Gasteiger partial charge is 0.383 e. The number of halogens is 3. The lowest BCUT2D eigenvalue weighted by Crippen LogP contribution is -2.26. The van der Waals surface area contributed by atoms with Crippen molar-refractivity contribution in [3.63, 3.8) is 0 Å². The Bertz CT molecular complexity index is 1610. The zero-order valence-corrected chi connectivity index (χ0v) is 22.9. The molecular weight excluding hydrogens is 523 g/mol. The molecule has 3 aromatic heterocycles. The first-order valence-electron chi connectivity index (χ1n) is 13.1. The molecule has 0 bridgehead atoms. The summed E-state index contributed by atoms with van der Waals surface area (Å²) in [7, 11) is 0. The molecule has 3 N–H and O–H groups in total. The van der Waals surface area contributed by atoms with Crippen LogP contribution in [-0.2, 0) is 6.42 Å². The van der Waals surface area contributed by atoms with Crippen molar-refractivity contribution in [3.8, 4) is 24.0 Å². The number of alkyl halides is 2. The molecular formula is C33H32F3N5. The smallest absolute Gasteiger partial charge is 0.261 e. The minimum Gasteiger partial charge on any atom is -0.383 e. The Labute approximate surface area is 238 Å². The van der Waals surface area contributed by atoms with E-state index in [0.29, 0.717) is 25.3 Å². The highest BCUT2D eigenvalue weighted by atomic mass is 19.3. The van der Waals surface area contributed by atoms with Gasteiger partial charge in [0.05, 0.1) is 6.54 Å². The molecule has 1 aromatic carbocycles. The van der Waals surface area contributed by atoms with Crippen molar-refractivity contribution in [1.29, 1.82) is 0 Å². The van der Waals surface area contributed by atoms with Crippen LogP contribution in [0.3, 0.4) is 0 Å². The summed E-state index contributed by atoms with van der Waals surface area (Å²) >= 11 is 0. The van der Waals surface area contributed by atoms with E-state index < -0.39 is 5.92 Å². The van der Waals surface area contributed by atoms with Gasteiger partial charge < -0.3 is 10.7 Å². The SMILES string of the molecule is C#C.C=C/C(=C\C(=C/C)c1cnc(N)c(Cc2cc3c(-c4ccc(F)cc4)ccnc3[nH]2)c1)CN1CCC(F)(F)C1. The van der Waals surface area contributed by atoms with Crippen LogP contribution in [0, 0.1) is 18.7 Å². The summed E-state index contributed by atoms with van der Waals surface area (Å²) in [6.45, 7) is 6.34. The van der Waals surface area contributed by atoms with Gasteiger partial charge in [-0.3, -0.25) is 4.90 Å². The van der Waals surface area contributed by atoms with Gasteiger partial charge in [0.1, 0.15) is 17.3 Å². The second-order valence-corrected chi connectivity index (χ2v) is 9.85. The van der Waals surface area contributed by atoms with E-state index in [-0.39, 0.29) is 18.8 Å². The van der Waals surface area contributed by atoms with Gasteiger partial charge in [0.25, 0.3) is 5.92 Å². The van der Waals surface area contributed by atoms with Crippen LogP contribution in [0.5, 0.6) is 0 Å². The minimum absolute atomic E-state index is 0.117. The number of allylic oxidation sites excluding steroid dienone is 3. The summed E-state index contributed by atoms with van der Waals surface area (Å²) in [5.41, 5.74) is 13.2. The molecule has 0 aliphatic carbocycles. The predicted molar refractivity (Wildman–Crippen MR) is 161 cm³/mol. The molecule has 1 saturated heterocycles. The van der Waals surface area contributed by atoms with Crippen molar-refractivity contribution in [2.75, 3.05) is 25.4 Å². The van der Waals surface area contributed by atoms with E-state index in [2.05, 4.69) is 34.4 Å². The Kier molecular flexibility index (Phi) is 9.10. The summed E-state index contributed by atoms with van der Waals surface area (Å²) in [6.07, 6.45) is 17.5. The van der Waals surface area contributed by atoms with Gasteiger partial charge in [0.2, 0.25) is 0 Å². The Morgan fingerprint density at radius 3 is 2.59 bits per heavy atom. The van der Waals surface area contributed by atoms with E-state index in [0.717, 1.165) is 50.1 Å². The number of anilines is 1. The molecule has 4 aromatic rings. The number of benzene rings is 1. The number of rotatable bonds is 8. The Morgan fingerprint density at radius 2 is 1.93 bits per heavy atom. The average molecular weight is 556 g/mol. The number of nitrogens with zero attached hydrogens (tertiary/aromatic N) is 3. The fraction of sp³-hybridized carbons (Fsp3) is 0.212. The van der Waals surface area contributed by atoms with Crippen molar-refractivity contribution in [2.24, 2.45) is 0 Å². The highest BCUT2D eigenvalue weighted by molar-refractivity contribution is 5.93. The second-order valence-electron chi connectivity index (χ2n) is 9.85. The lowest BCUT2D eigenvalue weighted by atomic mass is 10.00. The molecule has 4 heterocycles. The van der Waals surface area contributed by atoms with Gasteiger partial charge in [-0.05, 0) is 59.5 Å². The van der Waals surface area contributed by atoms with E-state index in [1.807, 2.05) is 37.3 Å². The molecule has 0 atom stereocenters. The maximum absolute atomic E-state index is 13.7. The number of nitrogens with two attached hydrogens (primary N) is 1. The van der Waals surface area contributed by atoms with Gasteiger partial charge in [-0.2, -0.15) is 0 Å². The third kappa shape index (κ3) is 6.94. The van der Waals surface area contributed by atoms with E-state index in [1.165, 1.54) is 12.1 Å². The lowest BCUT2D eigenvalue weighted by molar-refractivity contribution is 0.0131. The molecule has 8 heteroatoms. The molecule has 5 nitrogen and oxygen atoms in total. The number of nitrogens with one attached hydrogen (secondary N) is 1. The average Bonchev–Trinajstić information content (AvgIpc) is 3.55. The van der Waals surface area contributed by atoms with Crippen molar-refractivity contribution in [2.45, 2.75) is 25.7 Å². The molecule has 1 aliphatic heterocycles. The van der Waals surface area contributed by atoms with Crippen LogP contribution >= 0.6 is 0 Å². The van der Waals surface area contributed by atoms with Crippen LogP contribution in [0.2, 0.25) is 0 Å². The normalized spacial score (nSPS) is 15.5. The monoisotopic (exact) mass is 555 g/mol. The van der Waals surface area contributed by atoms with Crippen molar-refractivity contribution < 1.29 is 13.2 Å². The highest BCUT2D eigenvalue weighted by Crippen LogP contribution is 2.31. The summed E-state index contributed by atoms with van der Waals surface area (Å²) in [4.78, 5) is 14.0. The lowest BCUT2D eigenvalue weighted by Gasteiger charge is -2.17. The zero-order valence-electron chi connectivity index (χ0n) is 22.9. The quantitative estimate of drug-likeness (QED) is 0.181. The van der Waals surface area contributed by atoms with Crippen molar-refractivity contribution in [1.82, 2.24) is 19.9 Å². The minimum atomic E-state index is -2.64. The number of terminal acetylenes is 1. The van der Waals surface area contributed by atoms with Crippen LogP contribution in [0.15, 0.2) is 85.2 Å². The number of H-pyrrole nitrogens is 1. The summed E-state index contributed by atoms with van der Waals surface area (Å²) in [5, 5.41) is 0.932. The molecule has 210 valence electrons. The van der Waals surface area contributed by atoms with Gasteiger partial charge in [-0.25, -0.2) is 23.1 Å². The van der Waals surface area contributed by atoms with Crippen LogP contribution in [0.4, 0.5) is 19.0 Å². The zero-order chi connectivity index (χ0) is 29.6. The molecule has 1 aliphatic rings. The summed E-state index contributed by atoms with van der Waals surface area (Å²) in [5.74, 6) is -2.50. The first kappa shape index (κ1) is 29.4. The molecule has 0 saturated carbocycles. The number of nitrogen functional groups attached to an aromatic ring is 1. The molecule has 0 radical (unpaired) electrons. The number of pyridine rings is 2. The number of aromatic amines is 1. The predicted octanol–water partition coefficient (Wildman–Crippen LogP) is 7.04. The number of fused-ring (bicyclic) bond motifs is 1. The van der Waals surface area contributed by atoms with Gasteiger partial charge in [0, 0.05) is 60.5 Å². The van der Waals surface area contributed by atoms with E-state index >= 15 is 0 Å². The number of aromatic nitrogens is 3. The standard InChI is InChI=1S/C31H30F3N5.C2H2/c1-3-20(18-39-12-10-31(33,34)19-39)13-21(4-2)24-14-23(29(35)37-17-24)15-26-16-28-27(9-11-36-30(28)38-26)22-5-7-25(32)8-6-22;1-2/h3-9,11,13-14,16-17H,1,10,12,15,18-19H2,2H3,(H2,35,37)(H,36,38);1-2H/b20-13+,21-4+;. The van der Waals surface area contributed by atoms with Crippen molar-refractivity contribution >= 4 is 22.4 Å². The first-order chi connectivity index (χ1) is 19.7. The maximum Gasteiger partial charge on any atom is 0.261 e. The fourth-order valence-electron chi connectivity index (χ4n) is 4.99. The number of hydrogen-bond acceptors (Lipinski definition) is 4. The Balaban J connectivity index is 0.00000189. The van der Waals surface area contributed by atoms with Gasteiger partial charge in [-0.1, -0.05) is 36.9 Å². The maximum atomic E-state index is 13.7. The molecule has 0 spiro atoms. The molecule has 5 rings (SSSR count). The van der Waals surface area contributed by atoms with Crippen LogP contribution in [0.25, 0.3) is 27.7 Å². The fourth-order valence-corrected chi connectivity index (χ4v) is 4.99. The molecule has 41 heavy (non-hydrogen) atoms. The Hall–Kier alpha value is -4.61. The number of hydrogen-bond donors (Lipinski definition) is 2.